The van der Waals surface area contributed by atoms with Crippen molar-refractivity contribution in [2.24, 2.45) is 0 Å². The van der Waals surface area contributed by atoms with E-state index in [2.05, 4.69) is 0 Å². The van der Waals surface area contributed by atoms with Crippen molar-refractivity contribution < 1.29 is 19.1 Å². The van der Waals surface area contributed by atoms with Gasteiger partial charge in [0.05, 0.1) is 25.2 Å². The number of hydrogen-bond donors (Lipinski definition) is 0. The molecule has 0 saturated carbocycles. The Morgan fingerprint density at radius 1 is 1.17 bits per heavy atom. The molecule has 1 aliphatic heterocycles. The van der Waals surface area contributed by atoms with Crippen molar-refractivity contribution >= 4 is 23.6 Å². The molecule has 24 heavy (non-hydrogen) atoms. The van der Waals surface area contributed by atoms with Gasteiger partial charge < -0.3 is 19.3 Å². The summed E-state index contributed by atoms with van der Waals surface area (Å²) < 4.78 is 10.1. The number of amides is 2. The van der Waals surface area contributed by atoms with Crippen LogP contribution in [0.2, 0.25) is 5.02 Å². The molecule has 132 valence electrons. The molecule has 0 atom stereocenters. The van der Waals surface area contributed by atoms with Gasteiger partial charge in [-0.1, -0.05) is 17.7 Å². The maximum atomic E-state index is 12.5. The van der Waals surface area contributed by atoms with E-state index in [9.17, 15) is 9.59 Å². The number of nitrogens with zero attached hydrogens (tertiary/aromatic N) is 2. The van der Waals surface area contributed by atoms with Gasteiger partial charge in [-0.05, 0) is 31.0 Å². The van der Waals surface area contributed by atoms with Crippen LogP contribution in [0.3, 0.4) is 0 Å². The third-order valence-corrected chi connectivity index (χ3v) is 4.24. The Labute approximate surface area is 147 Å². The molecule has 1 saturated heterocycles. The van der Waals surface area contributed by atoms with Crippen molar-refractivity contribution in [2.75, 3.05) is 39.9 Å². The summed E-state index contributed by atoms with van der Waals surface area (Å²) in [6.07, 6.45) is 0.713. The molecule has 7 heteroatoms. The van der Waals surface area contributed by atoms with Crippen LogP contribution < -0.4 is 4.74 Å². The zero-order valence-electron chi connectivity index (χ0n) is 14.1. The highest BCUT2D eigenvalue weighted by molar-refractivity contribution is 6.32. The summed E-state index contributed by atoms with van der Waals surface area (Å²) in [5.74, 6) is 0.620. The number of hydrogen-bond acceptors (Lipinski definition) is 4. The predicted octanol–water partition coefficient (Wildman–Crippen LogP) is 2.58. The largest absolute Gasteiger partial charge is 0.495 e. The Balaban J connectivity index is 1.93. The van der Waals surface area contributed by atoms with Crippen molar-refractivity contribution in [3.8, 4) is 5.75 Å². The maximum absolute atomic E-state index is 12.5. The Morgan fingerprint density at radius 2 is 1.88 bits per heavy atom. The van der Waals surface area contributed by atoms with Crippen molar-refractivity contribution in [3.05, 3.63) is 28.8 Å². The van der Waals surface area contributed by atoms with Crippen molar-refractivity contribution in [1.82, 2.24) is 9.80 Å². The fourth-order valence-electron chi connectivity index (χ4n) is 2.67. The molecule has 0 aliphatic carbocycles. The zero-order valence-corrected chi connectivity index (χ0v) is 14.8. The van der Waals surface area contributed by atoms with Crippen LogP contribution in [-0.2, 0) is 16.0 Å². The van der Waals surface area contributed by atoms with Crippen LogP contribution in [0.1, 0.15) is 18.9 Å². The highest BCUT2D eigenvalue weighted by Crippen LogP contribution is 2.25. The van der Waals surface area contributed by atoms with Gasteiger partial charge in [-0.2, -0.15) is 0 Å². The van der Waals surface area contributed by atoms with E-state index in [1.165, 1.54) is 0 Å². The zero-order chi connectivity index (χ0) is 17.5. The second kappa shape index (κ2) is 8.78. The first-order valence-corrected chi connectivity index (χ1v) is 8.44. The number of carbonyl (C=O) groups is 2. The van der Waals surface area contributed by atoms with Gasteiger partial charge in [-0.3, -0.25) is 4.79 Å². The molecule has 1 aliphatic rings. The van der Waals surface area contributed by atoms with Crippen LogP contribution in [0.5, 0.6) is 5.75 Å². The summed E-state index contributed by atoms with van der Waals surface area (Å²) in [6, 6.07) is 5.35. The Morgan fingerprint density at radius 3 is 2.54 bits per heavy atom. The number of methoxy groups -OCH3 is 1. The van der Waals surface area contributed by atoms with Crippen LogP contribution in [0.15, 0.2) is 18.2 Å². The van der Waals surface area contributed by atoms with Gasteiger partial charge in [0.2, 0.25) is 5.91 Å². The Bertz CT molecular complexity index is 594. The lowest BCUT2D eigenvalue weighted by Gasteiger charge is -2.22. The number of halogens is 1. The second-order valence-corrected chi connectivity index (χ2v) is 5.97. The maximum Gasteiger partial charge on any atom is 0.409 e. The molecule has 1 aromatic rings. The van der Waals surface area contributed by atoms with Gasteiger partial charge in [-0.25, -0.2) is 4.79 Å². The minimum Gasteiger partial charge on any atom is -0.495 e. The molecule has 0 bridgehead atoms. The molecule has 1 aromatic carbocycles. The lowest BCUT2D eigenvalue weighted by molar-refractivity contribution is -0.130. The molecular formula is C17H23ClN2O4. The topological polar surface area (TPSA) is 59.1 Å². The van der Waals surface area contributed by atoms with Gasteiger partial charge in [-0.15, -0.1) is 0 Å². The molecule has 2 rings (SSSR count). The third-order valence-electron chi connectivity index (χ3n) is 3.95. The van der Waals surface area contributed by atoms with E-state index in [0.29, 0.717) is 43.6 Å². The van der Waals surface area contributed by atoms with Crippen LogP contribution in [0.25, 0.3) is 0 Å². The van der Waals surface area contributed by atoms with Gasteiger partial charge in [0.15, 0.2) is 0 Å². The van der Waals surface area contributed by atoms with Crippen molar-refractivity contribution in [3.63, 3.8) is 0 Å². The number of ether oxygens (including phenoxy) is 2. The highest BCUT2D eigenvalue weighted by Gasteiger charge is 2.22. The molecule has 0 spiro atoms. The summed E-state index contributed by atoms with van der Waals surface area (Å²) in [7, 11) is 1.55. The van der Waals surface area contributed by atoms with E-state index in [-0.39, 0.29) is 18.4 Å². The van der Waals surface area contributed by atoms with Crippen molar-refractivity contribution in [1.29, 1.82) is 0 Å². The fourth-order valence-corrected chi connectivity index (χ4v) is 2.95. The minimum absolute atomic E-state index is 0.0296. The number of rotatable bonds is 4. The standard InChI is InChI=1S/C17H23ClN2O4/c1-3-24-17(22)20-8-4-7-19(9-10-20)16(21)12-13-5-6-15(23-2)14(18)11-13/h5-6,11H,3-4,7-10,12H2,1-2H3. The van der Waals surface area contributed by atoms with E-state index in [0.717, 1.165) is 12.0 Å². The van der Waals surface area contributed by atoms with E-state index < -0.39 is 0 Å². The summed E-state index contributed by atoms with van der Waals surface area (Å²) in [4.78, 5) is 27.7. The van der Waals surface area contributed by atoms with Gasteiger partial charge >= 0.3 is 6.09 Å². The average Bonchev–Trinajstić information content (AvgIpc) is 2.81. The van der Waals surface area contributed by atoms with Gasteiger partial charge in [0, 0.05) is 26.2 Å². The molecule has 1 heterocycles. The normalized spacial score (nSPS) is 15.0. The lowest BCUT2D eigenvalue weighted by Crippen LogP contribution is -2.38. The monoisotopic (exact) mass is 354 g/mol. The molecular weight excluding hydrogens is 332 g/mol. The van der Waals surface area contributed by atoms with Crippen LogP contribution in [0.4, 0.5) is 4.79 Å². The Hall–Kier alpha value is -1.95. The van der Waals surface area contributed by atoms with Gasteiger partial charge in [0.1, 0.15) is 5.75 Å². The number of carbonyl (C=O) groups excluding carboxylic acids is 2. The molecule has 2 amide bonds. The first-order chi connectivity index (χ1) is 11.5. The van der Waals surface area contributed by atoms with Crippen molar-refractivity contribution in [2.45, 2.75) is 19.8 Å². The molecule has 0 N–H and O–H groups in total. The van der Waals surface area contributed by atoms with Crippen LogP contribution >= 0.6 is 11.6 Å². The molecule has 0 radical (unpaired) electrons. The fraction of sp³-hybridized carbons (Fsp3) is 0.529. The first kappa shape index (κ1) is 18.4. The molecule has 0 unspecified atom stereocenters. The quantitative estimate of drug-likeness (QED) is 0.833. The Kier molecular flexibility index (Phi) is 6.73. The van der Waals surface area contributed by atoms with Crippen LogP contribution in [-0.4, -0.2) is 61.7 Å². The first-order valence-electron chi connectivity index (χ1n) is 8.07. The predicted molar refractivity (Wildman–Crippen MR) is 91.5 cm³/mol. The SMILES string of the molecule is CCOC(=O)N1CCCN(C(=O)Cc2ccc(OC)c(Cl)c2)CC1. The average molecular weight is 355 g/mol. The summed E-state index contributed by atoms with van der Waals surface area (Å²) in [5.41, 5.74) is 0.845. The molecule has 0 aromatic heterocycles. The number of benzene rings is 1. The van der Waals surface area contributed by atoms with Crippen LogP contribution in [0, 0.1) is 0 Å². The summed E-state index contributed by atoms with van der Waals surface area (Å²) in [5, 5.41) is 0.493. The summed E-state index contributed by atoms with van der Waals surface area (Å²) >= 11 is 6.10. The van der Waals surface area contributed by atoms with E-state index in [1.807, 2.05) is 6.07 Å². The smallest absolute Gasteiger partial charge is 0.409 e. The minimum atomic E-state index is -0.311. The van der Waals surface area contributed by atoms with E-state index in [1.54, 1.807) is 36.0 Å². The lowest BCUT2D eigenvalue weighted by atomic mass is 10.1. The third kappa shape index (κ3) is 4.77. The van der Waals surface area contributed by atoms with E-state index >= 15 is 0 Å². The van der Waals surface area contributed by atoms with Gasteiger partial charge in [0.25, 0.3) is 0 Å². The molecule has 1 fully saturated rings. The van der Waals surface area contributed by atoms with E-state index in [4.69, 9.17) is 21.1 Å². The highest BCUT2D eigenvalue weighted by atomic mass is 35.5. The second-order valence-electron chi connectivity index (χ2n) is 5.57. The molecule has 6 nitrogen and oxygen atoms in total. The summed E-state index contributed by atoms with van der Waals surface area (Å²) in [6.45, 7) is 4.40.